The standard InChI is InChI=1S/C29H30F3N5O/c1-36-17-33-35-26(36)24(19-4-2-5-19)20-6-3-7-21(14-20)27-34-23-13-18(12-22(25(23)38-27)29(30,31)32)15-37-11-10-28(16-37)8-9-28/h3,6-7,12-14,17,19,24H,2,4-5,8-11,15-16H2,1H3/t24-/m0/s1. The molecule has 38 heavy (non-hydrogen) atoms. The number of benzene rings is 2. The largest absolute Gasteiger partial charge is 0.435 e. The van der Waals surface area contributed by atoms with Crippen molar-refractivity contribution < 1.29 is 17.6 Å². The number of hydrogen-bond acceptors (Lipinski definition) is 5. The molecule has 0 unspecified atom stereocenters. The van der Waals surface area contributed by atoms with Crippen molar-refractivity contribution in [1.82, 2.24) is 24.6 Å². The SMILES string of the molecule is Cn1cnnc1[C@H](c1cccc(-c2nc3cc(CN4CCC5(CC5)C4)cc(C(F)(F)F)c3o2)c1)C1CCC1. The van der Waals surface area contributed by atoms with Crippen molar-refractivity contribution in [2.24, 2.45) is 18.4 Å². The minimum absolute atomic E-state index is 0.0631. The third-order valence-corrected chi connectivity index (χ3v) is 8.87. The summed E-state index contributed by atoms with van der Waals surface area (Å²) in [4.78, 5) is 6.84. The van der Waals surface area contributed by atoms with Gasteiger partial charge < -0.3 is 8.98 Å². The first kappa shape index (κ1) is 23.9. The van der Waals surface area contributed by atoms with Crippen LogP contribution in [-0.2, 0) is 19.8 Å². The molecule has 2 aromatic heterocycles. The van der Waals surface area contributed by atoms with E-state index in [0.717, 1.165) is 43.7 Å². The maximum atomic E-state index is 14.1. The summed E-state index contributed by atoms with van der Waals surface area (Å²) in [5.41, 5.74) is 2.05. The molecule has 1 saturated heterocycles. The molecule has 198 valence electrons. The molecule has 3 aliphatic rings. The lowest BCUT2D eigenvalue weighted by atomic mass is 9.72. The second-order valence-corrected chi connectivity index (χ2v) is 11.6. The number of fused-ring (bicyclic) bond motifs is 1. The van der Waals surface area contributed by atoms with Gasteiger partial charge in [-0.15, -0.1) is 10.2 Å². The fraction of sp³-hybridized carbons (Fsp3) is 0.483. The number of likely N-dealkylation sites (tertiary alicyclic amines) is 1. The van der Waals surface area contributed by atoms with Crippen LogP contribution in [0.3, 0.4) is 0 Å². The average Bonchev–Trinajstić information content (AvgIpc) is 3.15. The van der Waals surface area contributed by atoms with E-state index in [2.05, 4.69) is 20.1 Å². The van der Waals surface area contributed by atoms with E-state index < -0.39 is 11.7 Å². The number of oxazole rings is 1. The van der Waals surface area contributed by atoms with E-state index in [9.17, 15) is 13.2 Å². The molecular weight excluding hydrogens is 491 g/mol. The Labute approximate surface area is 218 Å². The number of aryl methyl sites for hydroxylation is 1. The predicted molar refractivity (Wildman–Crippen MR) is 136 cm³/mol. The van der Waals surface area contributed by atoms with Gasteiger partial charge >= 0.3 is 6.18 Å². The van der Waals surface area contributed by atoms with Crippen LogP contribution in [0, 0.1) is 11.3 Å². The van der Waals surface area contributed by atoms with Gasteiger partial charge in [0.2, 0.25) is 5.89 Å². The summed E-state index contributed by atoms with van der Waals surface area (Å²) in [6.07, 6.45) is 4.19. The van der Waals surface area contributed by atoms with Crippen LogP contribution in [0.2, 0.25) is 0 Å². The summed E-state index contributed by atoms with van der Waals surface area (Å²) >= 11 is 0. The third kappa shape index (κ3) is 4.21. The zero-order valence-corrected chi connectivity index (χ0v) is 21.3. The minimum Gasteiger partial charge on any atom is -0.435 e. The average molecular weight is 522 g/mol. The maximum Gasteiger partial charge on any atom is 0.420 e. The molecule has 6 nitrogen and oxygen atoms in total. The third-order valence-electron chi connectivity index (χ3n) is 8.87. The van der Waals surface area contributed by atoms with Crippen LogP contribution < -0.4 is 0 Å². The van der Waals surface area contributed by atoms with Gasteiger partial charge in [0.1, 0.15) is 23.2 Å². The van der Waals surface area contributed by atoms with Crippen LogP contribution in [0.5, 0.6) is 0 Å². The lowest BCUT2D eigenvalue weighted by Crippen LogP contribution is -2.23. The second kappa shape index (κ2) is 8.66. The Kier molecular flexibility index (Phi) is 5.44. The van der Waals surface area contributed by atoms with Crippen molar-refractivity contribution in [3.8, 4) is 11.5 Å². The summed E-state index contributed by atoms with van der Waals surface area (Å²) in [7, 11) is 1.94. The van der Waals surface area contributed by atoms with Crippen LogP contribution in [0.15, 0.2) is 47.1 Å². The molecule has 7 rings (SSSR count). The molecule has 1 atom stereocenters. The van der Waals surface area contributed by atoms with E-state index in [0.29, 0.717) is 29.0 Å². The number of aromatic nitrogens is 4. The molecule has 0 amide bonds. The Balaban J connectivity index is 1.25. The van der Waals surface area contributed by atoms with Gasteiger partial charge in [-0.3, -0.25) is 4.90 Å². The first-order valence-corrected chi connectivity index (χ1v) is 13.5. The first-order chi connectivity index (χ1) is 18.3. The van der Waals surface area contributed by atoms with E-state index in [4.69, 9.17) is 4.42 Å². The van der Waals surface area contributed by atoms with Crippen molar-refractivity contribution >= 4 is 11.1 Å². The van der Waals surface area contributed by atoms with Crippen LogP contribution in [0.4, 0.5) is 13.2 Å². The highest BCUT2D eigenvalue weighted by Gasteiger charge is 2.47. The Bertz CT molecular complexity index is 1500. The molecule has 3 heterocycles. The van der Waals surface area contributed by atoms with Crippen LogP contribution in [0.25, 0.3) is 22.6 Å². The van der Waals surface area contributed by atoms with E-state index >= 15 is 0 Å². The van der Waals surface area contributed by atoms with Gasteiger partial charge in [-0.05, 0) is 85.4 Å². The second-order valence-electron chi connectivity index (χ2n) is 11.6. The fourth-order valence-corrected chi connectivity index (χ4v) is 6.37. The molecule has 2 saturated carbocycles. The molecule has 9 heteroatoms. The summed E-state index contributed by atoms with van der Waals surface area (Å²) in [6, 6.07) is 10.8. The highest BCUT2D eigenvalue weighted by Crippen LogP contribution is 2.53. The van der Waals surface area contributed by atoms with Gasteiger partial charge in [-0.1, -0.05) is 18.6 Å². The quantitative estimate of drug-likeness (QED) is 0.288. The Morgan fingerprint density at radius 2 is 1.97 bits per heavy atom. The normalized spacial score (nSPS) is 20.3. The fourth-order valence-electron chi connectivity index (χ4n) is 6.37. The number of halogens is 3. The number of alkyl halides is 3. The van der Waals surface area contributed by atoms with Crippen molar-refractivity contribution in [2.75, 3.05) is 13.1 Å². The molecule has 0 bridgehead atoms. The molecule has 1 spiro atoms. The van der Waals surface area contributed by atoms with Crippen molar-refractivity contribution in [2.45, 2.75) is 57.2 Å². The Morgan fingerprint density at radius 1 is 1.13 bits per heavy atom. The molecule has 3 fully saturated rings. The predicted octanol–water partition coefficient (Wildman–Crippen LogP) is 6.56. The molecule has 2 aromatic carbocycles. The van der Waals surface area contributed by atoms with Gasteiger partial charge in [-0.2, -0.15) is 13.2 Å². The maximum absolute atomic E-state index is 14.1. The number of rotatable bonds is 6. The zero-order chi connectivity index (χ0) is 26.1. The topological polar surface area (TPSA) is 60.0 Å². The van der Waals surface area contributed by atoms with Gasteiger partial charge in [-0.25, -0.2) is 4.98 Å². The molecule has 0 N–H and O–H groups in total. The minimum atomic E-state index is -4.53. The lowest BCUT2D eigenvalue weighted by molar-refractivity contribution is -0.136. The molecule has 0 radical (unpaired) electrons. The van der Waals surface area contributed by atoms with Crippen molar-refractivity contribution in [3.63, 3.8) is 0 Å². The van der Waals surface area contributed by atoms with Crippen molar-refractivity contribution in [3.05, 3.63) is 65.2 Å². The summed E-state index contributed by atoms with van der Waals surface area (Å²) in [5, 5.41) is 8.46. The molecule has 1 aliphatic heterocycles. The van der Waals surface area contributed by atoms with Gasteiger partial charge in [0.25, 0.3) is 0 Å². The van der Waals surface area contributed by atoms with Crippen LogP contribution >= 0.6 is 0 Å². The summed E-state index contributed by atoms with van der Waals surface area (Å²) < 4.78 is 50.2. The van der Waals surface area contributed by atoms with E-state index in [1.165, 1.54) is 25.3 Å². The Morgan fingerprint density at radius 3 is 2.63 bits per heavy atom. The molecular formula is C29H30F3N5O. The lowest BCUT2D eigenvalue weighted by Gasteiger charge is -2.33. The summed E-state index contributed by atoms with van der Waals surface area (Å²) in [6.45, 7) is 2.40. The van der Waals surface area contributed by atoms with Gasteiger partial charge in [0.05, 0.1) is 0 Å². The van der Waals surface area contributed by atoms with Crippen LogP contribution in [-0.4, -0.2) is 37.7 Å². The van der Waals surface area contributed by atoms with Crippen LogP contribution in [0.1, 0.15) is 67.0 Å². The van der Waals surface area contributed by atoms with E-state index in [1.807, 2.05) is 35.9 Å². The van der Waals surface area contributed by atoms with Crippen molar-refractivity contribution in [1.29, 1.82) is 0 Å². The van der Waals surface area contributed by atoms with Gasteiger partial charge in [0, 0.05) is 31.6 Å². The van der Waals surface area contributed by atoms with E-state index in [-0.39, 0.29) is 22.9 Å². The molecule has 4 aromatic rings. The molecule has 2 aliphatic carbocycles. The highest BCUT2D eigenvalue weighted by molar-refractivity contribution is 5.81. The smallest absolute Gasteiger partial charge is 0.420 e. The highest BCUT2D eigenvalue weighted by atomic mass is 19.4. The van der Waals surface area contributed by atoms with Gasteiger partial charge in [0.15, 0.2) is 5.58 Å². The first-order valence-electron chi connectivity index (χ1n) is 13.5. The number of nitrogens with zero attached hydrogens (tertiary/aromatic N) is 5. The summed E-state index contributed by atoms with van der Waals surface area (Å²) in [5.74, 6) is 1.61. The zero-order valence-electron chi connectivity index (χ0n) is 21.3. The number of hydrogen-bond donors (Lipinski definition) is 0. The van der Waals surface area contributed by atoms with E-state index in [1.54, 1.807) is 12.4 Å². The monoisotopic (exact) mass is 521 g/mol. The Hall–Kier alpha value is -3.20.